The van der Waals surface area contributed by atoms with Crippen molar-refractivity contribution in [3.8, 4) is 5.75 Å². The number of H-pyrrole nitrogens is 1. The minimum Gasteiger partial charge on any atom is -0.508 e. The molecule has 1 aromatic carbocycles. The molecule has 0 unspecified atom stereocenters. The van der Waals surface area contributed by atoms with Gasteiger partial charge in [0.2, 0.25) is 0 Å². The maximum atomic E-state index is 12.2. The second-order valence-corrected chi connectivity index (χ2v) is 5.87. The van der Waals surface area contributed by atoms with Crippen LogP contribution in [0.1, 0.15) is 38.5 Å². The fourth-order valence-electron chi connectivity index (χ4n) is 2.74. The van der Waals surface area contributed by atoms with Crippen molar-refractivity contribution >= 4 is 11.8 Å². The molecule has 0 radical (unpaired) electrons. The second-order valence-electron chi connectivity index (χ2n) is 5.87. The Balaban J connectivity index is 1.40. The SMILES string of the molecule is O=C(NCCCNC(=O)c1n[nH]c2c1CNCC2)c1cccc(O)c1. The summed E-state index contributed by atoms with van der Waals surface area (Å²) in [6, 6.07) is 6.16. The molecule has 5 N–H and O–H groups in total. The summed E-state index contributed by atoms with van der Waals surface area (Å²) in [7, 11) is 0. The van der Waals surface area contributed by atoms with E-state index in [0.717, 1.165) is 24.2 Å². The Morgan fingerprint density at radius 1 is 1.20 bits per heavy atom. The molecule has 2 amide bonds. The van der Waals surface area contributed by atoms with E-state index in [1.165, 1.54) is 12.1 Å². The molecule has 2 aromatic rings. The summed E-state index contributed by atoms with van der Waals surface area (Å²) in [5.74, 6) is -0.410. The average molecular weight is 343 g/mol. The second kappa shape index (κ2) is 7.80. The molecule has 1 aliphatic rings. The number of rotatable bonds is 6. The van der Waals surface area contributed by atoms with Gasteiger partial charge in [0.25, 0.3) is 11.8 Å². The van der Waals surface area contributed by atoms with Gasteiger partial charge in [-0.1, -0.05) is 6.07 Å². The molecule has 0 fully saturated rings. The number of aromatic amines is 1. The molecule has 3 rings (SSSR count). The van der Waals surface area contributed by atoms with E-state index in [-0.39, 0.29) is 17.6 Å². The molecule has 0 saturated heterocycles. The zero-order valence-corrected chi connectivity index (χ0v) is 13.8. The molecular weight excluding hydrogens is 322 g/mol. The lowest BCUT2D eigenvalue weighted by molar-refractivity contribution is 0.0946. The van der Waals surface area contributed by atoms with Crippen molar-refractivity contribution in [3.05, 3.63) is 46.8 Å². The highest BCUT2D eigenvalue weighted by atomic mass is 16.3. The number of amides is 2. The highest BCUT2D eigenvalue weighted by Gasteiger charge is 2.21. The summed E-state index contributed by atoms with van der Waals surface area (Å²) in [5, 5.41) is 25.2. The van der Waals surface area contributed by atoms with Gasteiger partial charge in [-0.2, -0.15) is 5.10 Å². The first kappa shape index (κ1) is 17.0. The van der Waals surface area contributed by atoms with Crippen molar-refractivity contribution in [2.24, 2.45) is 0 Å². The molecule has 8 nitrogen and oxygen atoms in total. The predicted molar refractivity (Wildman–Crippen MR) is 91.4 cm³/mol. The number of phenols is 1. The van der Waals surface area contributed by atoms with Crippen LogP contribution < -0.4 is 16.0 Å². The maximum Gasteiger partial charge on any atom is 0.272 e. The van der Waals surface area contributed by atoms with Gasteiger partial charge in [-0.15, -0.1) is 0 Å². The van der Waals surface area contributed by atoms with Gasteiger partial charge in [-0.05, 0) is 24.6 Å². The minimum atomic E-state index is -0.255. The van der Waals surface area contributed by atoms with E-state index < -0.39 is 0 Å². The third-order valence-corrected chi connectivity index (χ3v) is 4.05. The van der Waals surface area contributed by atoms with E-state index in [9.17, 15) is 14.7 Å². The number of aromatic nitrogens is 2. The molecule has 0 saturated carbocycles. The van der Waals surface area contributed by atoms with Crippen molar-refractivity contribution in [1.82, 2.24) is 26.1 Å². The van der Waals surface area contributed by atoms with Crippen molar-refractivity contribution in [2.45, 2.75) is 19.4 Å². The quantitative estimate of drug-likeness (QED) is 0.484. The largest absolute Gasteiger partial charge is 0.508 e. The Hall–Kier alpha value is -2.87. The minimum absolute atomic E-state index is 0.0525. The lowest BCUT2D eigenvalue weighted by Gasteiger charge is -2.12. The van der Waals surface area contributed by atoms with Crippen LogP contribution in [0.25, 0.3) is 0 Å². The van der Waals surface area contributed by atoms with Crippen molar-refractivity contribution in [1.29, 1.82) is 0 Å². The average Bonchev–Trinajstić information content (AvgIpc) is 3.05. The Labute approximate surface area is 145 Å². The zero-order valence-electron chi connectivity index (χ0n) is 13.8. The summed E-state index contributed by atoms with van der Waals surface area (Å²) in [4.78, 5) is 24.1. The van der Waals surface area contributed by atoms with Crippen LogP contribution in [0.5, 0.6) is 5.75 Å². The Morgan fingerprint density at radius 3 is 2.80 bits per heavy atom. The van der Waals surface area contributed by atoms with Gasteiger partial charge in [0.05, 0.1) is 0 Å². The predicted octanol–water partition coefficient (Wildman–Crippen LogP) is 0.311. The van der Waals surface area contributed by atoms with Crippen LogP contribution in [-0.4, -0.2) is 46.8 Å². The summed E-state index contributed by atoms with van der Waals surface area (Å²) in [6.45, 7) is 2.40. The first-order valence-corrected chi connectivity index (χ1v) is 8.27. The number of phenolic OH excluding ortho intramolecular Hbond substituents is 1. The molecule has 25 heavy (non-hydrogen) atoms. The number of aromatic hydroxyl groups is 1. The highest BCUT2D eigenvalue weighted by molar-refractivity contribution is 5.95. The number of nitrogens with one attached hydrogen (secondary N) is 4. The summed E-state index contributed by atoms with van der Waals surface area (Å²) in [6.07, 6.45) is 1.44. The van der Waals surface area contributed by atoms with Crippen LogP contribution >= 0.6 is 0 Å². The van der Waals surface area contributed by atoms with Crippen LogP contribution in [0, 0.1) is 0 Å². The Kier molecular flexibility index (Phi) is 5.30. The molecular formula is C17H21N5O3. The normalized spacial score (nSPS) is 13.1. The summed E-state index contributed by atoms with van der Waals surface area (Å²) in [5.41, 5.74) is 2.79. The number of hydrogen-bond acceptors (Lipinski definition) is 5. The van der Waals surface area contributed by atoms with Gasteiger partial charge < -0.3 is 21.1 Å². The fourth-order valence-corrected chi connectivity index (χ4v) is 2.74. The number of carbonyl (C=O) groups is 2. The number of benzene rings is 1. The molecule has 1 aliphatic heterocycles. The molecule has 0 bridgehead atoms. The molecule has 132 valence electrons. The fraction of sp³-hybridized carbons (Fsp3) is 0.353. The van der Waals surface area contributed by atoms with Gasteiger partial charge in [-0.3, -0.25) is 14.7 Å². The van der Waals surface area contributed by atoms with Crippen LogP contribution in [0.4, 0.5) is 0 Å². The summed E-state index contributed by atoms with van der Waals surface area (Å²) < 4.78 is 0. The van der Waals surface area contributed by atoms with E-state index in [1.807, 2.05) is 0 Å². The number of nitrogens with zero attached hydrogens (tertiary/aromatic N) is 1. The van der Waals surface area contributed by atoms with Gasteiger partial charge in [0.15, 0.2) is 5.69 Å². The van der Waals surface area contributed by atoms with Crippen LogP contribution in [-0.2, 0) is 13.0 Å². The first-order chi connectivity index (χ1) is 12.1. The molecule has 8 heteroatoms. The Morgan fingerprint density at radius 2 is 2.00 bits per heavy atom. The number of carbonyl (C=O) groups excluding carboxylic acids is 2. The first-order valence-electron chi connectivity index (χ1n) is 8.27. The third kappa shape index (κ3) is 4.16. The molecule has 0 spiro atoms. The van der Waals surface area contributed by atoms with E-state index in [0.29, 0.717) is 37.3 Å². The lowest BCUT2D eigenvalue weighted by Crippen LogP contribution is -2.31. The van der Waals surface area contributed by atoms with Crippen molar-refractivity contribution in [3.63, 3.8) is 0 Å². The molecule has 0 atom stereocenters. The van der Waals surface area contributed by atoms with Crippen LogP contribution in [0.2, 0.25) is 0 Å². The van der Waals surface area contributed by atoms with Gasteiger partial charge in [0, 0.05) is 49.4 Å². The lowest BCUT2D eigenvalue weighted by atomic mass is 10.1. The van der Waals surface area contributed by atoms with Crippen molar-refractivity contribution < 1.29 is 14.7 Å². The molecule has 2 heterocycles. The number of hydrogen-bond donors (Lipinski definition) is 5. The van der Waals surface area contributed by atoms with Gasteiger partial charge in [0.1, 0.15) is 5.75 Å². The third-order valence-electron chi connectivity index (χ3n) is 4.05. The van der Waals surface area contributed by atoms with Crippen molar-refractivity contribution in [2.75, 3.05) is 19.6 Å². The van der Waals surface area contributed by atoms with E-state index >= 15 is 0 Å². The standard InChI is InChI=1S/C17H21N5O3/c23-12-4-1-3-11(9-12)16(24)19-6-2-7-20-17(25)15-13-10-18-8-5-14(13)21-22-15/h1,3-4,9,18,23H,2,5-8,10H2,(H,19,24)(H,20,25)(H,21,22). The summed E-state index contributed by atoms with van der Waals surface area (Å²) >= 11 is 0. The van der Waals surface area contributed by atoms with Crippen LogP contribution in [0.3, 0.4) is 0 Å². The van der Waals surface area contributed by atoms with E-state index in [1.54, 1.807) is 12.1 Å². The number of fused-ring (bicyclic) bond motifs is 1. The Bertz CT molecular complexity index is 771. The monoisotopic (exact) mass is 343 g/mol. The smallest absolute Gasteiger partial charge is 0.272 e. The highest BCUT2D eigenvalue weighted by Crippen LogP contribution is 2.15. The van der Waals surface area contributed by atoms with E-state index in [2.05, 4.69) is 26.1 Å². The maximum absolute atomic E-state index is 12.2. The van der Waals surface area contributed by atoms with Gasteiger partial charge in [-0.25, -0.2) is 0 Å². The topological polar surface area (TPSA) is 119 Å². The molecule has 1 aromatic heterocycles. The zero-order chi connectivity index (χ0) is 17.6. The van der Waals surface area contributed by atoms with E-state index in [4.69, 9.17) is 0 Å². The molecule has 0 aliphatic carbocycles. The van der Waals surface area contributed by atoms with Gasteiger partial charge >= 0.3 is 0 Å². The van der Waals surface area contributed by atoms with Crippen LogP contribution in [0.15, 0.2) is 24.3 Å².